The molecule has 26 heavy (non-hydrogen) atoms. The maximum absolute atomic E-state index is 12.9. The van der Waals surface area contributed by atoms with Crippen molar-refractivity contribution in [2.24, 2.45) is 0 Å². The highest BCUT2D eigenvalue weighted by molar-refractivity contribution is 5.93. The first-order valence-corrected chi connectivity index (χ1v) is 9.48. The fraction of sp³-hybridized carbons (Fsp3) is 0.429. The van der Waals surface area contributed by atoms with Gasteiger partial charge in [0, 0.05) is 30.2 Å². The van der Waals surface area contributed by atoms with Gasteiger partial charge in [-0.25, -0.2) is 0 Å². The summed E-state index contributed by atoms with van der Waals surface area (Å²) in [6.07, 6.45) is 6.05. The van der Waals surface area contributed by atoms with Crippen molar-refractivity contribution >= 4 is 17.3 Å². The second-order valence-corrected chi connectivity index (χ2v) is 6.57. The lowest BCUT2D eigenvalue weighted by Gasteiger charge is -2.35. The van der Waals surface area contributed by atoms with Crippen LogP contribution < -0.4 is 10.1 Å². The van der Waals surface area contributed by atoms with E-state index >= 15 is 0 Å². The highest BCUT2D eigenvalue weighted by atomic mass is 16.5. The maximum Gasteiger partial charge on any atom is 0.272 e. The van der Waals surface area contributed by atoms with Gasteiger partial charge in [-0.3, -0.25) is 9.78 Å². The molecule has 0 spiro atoms. The standard InChI is InChI=1S/C21H27N3O2/c1-3-18-7-5-6-14-24(18)21(25)20-15-17(12-13-22-20)23-16-8-10-19(11-9-16)26-4-2/h8-13,15,18H,3-7,14H2,1-2H3,(H,22,23). The predicted molar refractivity (Wildman–Crippen MR) is 104 cm³/mol. The van der Waals surface area contributed by atoms with Crippen LogP contribution in [0.5, 0.6) is 5.75 Å². The summed E-state index contributed by atoms with van der Waals surface area (Å²) in [4.78, 5) is 19.2. The summed E-state index contributed by atoms with van der Waals surface area (Å²) in [6.45, 7) is 5.59. The lowest BCUT2D eigenvalue weighted by Crippen LogP contribution is -2.43. The molecule has 2 aromatic rings. The highest BCUT2D eigenvalue weighted by Gasteiger charge is 2.26. The van der Waals surface area contributed by atoms with E-state index in [2.05, 4.69) is 17.2 Å². The Morgan fingerprint density at radius 3 is 2.73 bits per heavy atom. The summed E-state index contributed by atoms with van der Waals surface area (Å²) < 4.78 is 5.46. The van der Waals surface area contributed by atoms with Gasteiger partial charge >= 0.3 is 0 Å². The number of ether oxygens (including phenoxy) is 1. The van der Waals surface area contributed by atoms with E-state index in [0.717, 1.165) is 42.9 Å². The van der Waals surface area contributed by atoms with Crippen LogP contribution in [-0.4, -0.2) is 35.0 Å². The summed E-state index contributed by atoms with van der Waals surface area (Å²) in [6, 6.07) is 11.8. The van der Waals surface area contributed by atoms with Crippen LogP contribution in [0.1, 0.15) is 50.0 Å². The van der Waals surface area contributed by atoms with Crippen molar-refractivity contribution < 1.29 is 9.53 Å². The molecule has 138 valence electrons. The first-order valence-electron chi connectivity index (χ1n) is 9.48. The number of aromatic nitrogens is 1. The van der Waals surface area contributed by atoms with Crippen LogP contribution in [-0.2, 0) is 0 Å². The van der Waals surface area contributed by atoms with Crippen LogP contribution in [0.15, 0.2) is 42.6 Å². The molecule has 1 amide bonds. The van der Waals surface area contributed by atoms with Crippen LogP contribution in [0, 0.1) is 0 Å². The van der Waals surface area contributed by atoms with E-state index in [4.69, 9.17) is 4.74 Å². The second kappa shape index (κ2) is 8.70. The molecule has 3 rings (SSSR count). The molecule has 0 bridgehead atoms. The number of nitrogens with one attached hydrogen (secondary N) is 1. The van der Waals surface area contributed by atoms with Crippen LogP contribution in [0.2, 0.25) is 0 Å². The fourth-order valence-corrected chi connectivity index (χ4v) is 3.43. The lowest BCUT2D eigenvalue weighted by molar-refractivity contribution is 0.0602. The number of carbonyl (C=O) groups excluding carboxylic acids is 1. The molecule has 0 saturated carbocycles. The maximum atomic E-state index is 12.9. The molecule has 5 nitrogen and oxygen atoms in total. The van der Waals surface area contributed by atoms with Gasteiger partial charge in [-0.1, -0.05) is 6.92 Å². The number of amides is 1. The topological polar surface area (TPSA) is 54.5 Å². The third kappa shape index (κ3) is 4.34. The molecule has 1 aromatic carbocycles. The van der Waals surface area contributed by atoms with Crippen molar-refractivity contribution in [2.45, 2.75) is 45.6 Å². The molecule has 0 aliphatic carbocycles. The molecular weight excluding hydrogens is 326 g/mol. The Bertz CT molecular complexity index is 730. The van der Waals surface area contributed by atoms with Gasteiger partial charge in [-0.15, -0.1) is 0 Å². The smallest absolute Gasteiger partial charge is 0.272 e. The second-order valence-electron chi connectivity index (χ2n) is 6.57. The Morgan fingerprint density at radius 2 is 2.00 bits per heavy atom. The summed E-state index contributed by atoms with van der Waals surface area (Å²) in [7, 11) is 0. The molecule has 1 N–H and O–H groups in total. The van der Waals surface area contributed by atoms with Crippen molar-refractivity contribution in [3.05, 3.63) is 48.3 Å². The largest absolute Gasteiger partial charge is 0.494 e. The van der Waals surface area contributed by atoms with E-state index in [9.17, 15) is 4.79 Å². The van der Waals surface area contributed by atoms with Gasteiger partial charge in [-0.05, 0) is 69.0 Å². The van der Waals surface area contributed by atoms with Gasteiger partial charge in [0.25, 0.3) is 5.91 Å². The van der Waals surface area contributed by atoms with Crippen molar-refractivity contribution in [1.29, 1.82) is 0 Å². The molecular formula is C21H27N3O2. The number of hydrogen-bond acceptors (Lipinski definition) is 4. The van der Waals surface area contributed by atoms with Crippen LogP contribution in [0.4, 0.5) is 11.4 Å². The quantitative estimate of drug-likeness (QED) is 0.823. The molecule has 1 aromatic heterocycles. The average molecular weight is 353 g/mol. The van der Waals surface area contributed by atoms with Gasteiger partial charge in [0.1, 0.15) is 11.4 Å². The summed E-state index contributed by atoms with van der Waals surface area (Å²) in [5.41, 5.74) is 2.31. The normalized spacial score (nSPS) is 17.0. The van der Waals surface area contributed by atoms with Gasteiger partial charge in [0.15, 0.2) is 0 Å². The molecule has 1 unspecified atom stereocenters. The predicted octanol–water partition coefficient (Wildman–Crippen LogP) is 4.63. The van der Waals surface area contributed by atoms with Crippen LogP contribution >= 0.6 is 0 Å². The van der Waals surface area contributed by atoms with Crippen molar-refractivity contribution in [1.82, 2.24) is 9.88 Å². The number of nitrogens with zero attached hydrogens (tertiary/aromatic N) is 2. The Labute approximate surface area is 155 Å². The monoisotopic (exact) mass is 353 g/mol. The number of likely N-dealkylation sites (tertiary alicyclic amines) is 1. The minimum atomic E-state index is 0.0342. The third-order valence-electron chi connectivity index (χ3n) is 4.79. The zero-order chi connectivity index (χ0) is 18.4. The summed E-state index contributed by atoms with van der Waals surface area (Å²) in [5, 5.41) is 3.33. The minimum absolute atomic E-state index is 0.0342. The first kappa shape index (κ1) is 18.2. The molecule has 1 fully saturated rings. The Balaban J connectivity index is 1.72. The number of anilines is 2. The van der Waals surface area contributed by atoms with E-state index in [1.54, 1.807) is 6.20 Å². The zero-order valence-corrected chi connectivity index (χ0v) is 15.6. The van der Waals surface area contributed by atoms with Crippen molar-refractivity contribution in [3.8, 4) is 5.75 Å². The van der Waals surface area contributed by atoms with Crippen molar-refractivity contribution in [3.63, 3.8) is 0 Å². The number of rotatable bonds is 6. The first-order chi connectivity index (χ1) is 12.7. The van der Waals surface area contributed by atoms with Gasteiger partial charge in [-0.2, -0.15) is 0 Å². The van der Waals surface area contributed by atoms with Crippen molar-refractivity contribution in [2.75, 3.05) is 18.5 Å². The molecule has 1 aliphatic heterocycles. The van der Waals surface area contributed by atoms with Crippen LogP contribution in [0.25, 0.3) is 0 Å². The van der Waals surface area contributed by atoms with E-state index in [0.29, 0.717) is 18.3 Å². The Kier molecular flexibility index (Phi) is 6.10. The van der Waals surface area contributed by atoms with Crippen LogP contribution in [0.3, 0.4) is 0 Å². The van der Waals surface area contributed by atoms with Gasteiger partial charge in [0.05, 0.1) is 6.61 Å². The SMILES string of the molecule is CCOc1ccc(Nc2ccnc(C(=O)N3CCCCC3CC)c2)cc1. The Morgan fingerprint density at radius 1 is 1.19 bits per heavy atom. The number of hydrogen-bond donors (Lipinski definition) is 1. The lowest BCUT2D eigenvalue weighted by atomic mass is 9.99. The number of carbonyl (C=O) groups is 1. The fourth-order valence-electron chi connectivity index (χ4n) is 3.43. The summed E-state index contributed by atoms with van der Waals surface area (Å²) >= 11 is 0. The van der Waals surface area contributed by atoms with E-state index in [-0.39, 0.29) is 5.91 Å². The number of benzene rings is 1. The van der Waals surface area contributed by atoms with E-state index in [1.165, 1.54) is 6.42 Å². The van der Waals surface area contributed by atoms with E-state index < -0.39 is 0 Å². The number of pyridine rings is 1. The zero-order valence-electron chi connectivity index (χ0n) is 15.6. The molecule has 1 aliphatic rings. The summed E-state index contributed by atoms with van der Waals surface area (Å²) in [5.74, 6) is 0.881. The van der Waals surface area contributed by atoms with Gasteiger partial charge < -0.3 is 15.0 Å². The molecule has 1 saturated heterocycles. The minimum Gasteiger partial charge on any atom is -0.494 e. The average Bonchev–Trinajstić information content (AvgIpc) is 2.69. The molecule has 0 radical (unpaired) electrons. The third-order valence-corrected chi connectivity index (χ3v) is 4.79. The molecule has 5 heteroatoms. The van der Waals surface area contributed by atoms with E-state index in [1.807, 2.05) is 48.2 Å². The molecule has 1 atom stereocenters. The van der Waals surface area contributed by atoms with Gasteiger partial charge in [0.2, 0.25) is 0 Å². The highest BCUT2D eigenvalue weighted by Crippen LogP contribution is 2.23. The molecule has 2 heterocycles. The number of piperidine rings is 1. The Hall–Kier alpha value is -2.56.